The van der Waals surface area contributed by atoms with E-state index in [4.69, 9.17) is 14.2 Å². The number of methoxy groups -OCH3 is 3. The van der Waals surface area contributed by atoms with Crippen molar-refractivity contribution in [2.75, 3.05) is 21.3 Å². The number of carbonyl (C=O) groups is 1. The predicted molar refractivity (Wildman–Crippen MR) is 106 cm³/mol. The molecule has 1 N–H and O–H groups in total. The number of esters is 1. The minimum absolute atomic E-state index is 0.506. The standard InChI is InChI=1S/C21H19NO5S/c1-25-16-10-12-9-14-19(22-15(12)11-17(16)26-2)28-18(20(23)27-3)21(14,24)13-7-5-4-6-8-13/h4-11,18,24H,1-3H3/t18-,21+/m1/s1. The van der Waals surface area contributed by atoms with Gasteiger partial charge in [-0.05, 0) is 17.7 Å². The van der Waals surface area contributed by atoms with E-state index >= 15 is 0 Å². The van der Waals surface area contributed by atoms with Crippen molar-refractivity contribution in [1.29, 1.82) is 0 Å². The van der Waals surface area contributed by atoms with Gasteiger partial charge in [-0.2, -0.15) is 0 Å². The molecule has 0 fully saturated rings. The molecule has 0 unspecified atom stereocenters. The Morgan fingerprint density at radius 1 is 1.07 bits per heavy atom. The second-order valence-electron chi connectivity index (χ2n) is 6.39. The molecule has 144 valence electrons. The van der Waals surface area contributed by atoms with Gasteiger partial charge in [0.1, 0.15) is 15.9 Å². The van der Waals surface area contributed by atoms with Crippen molar-refractivity contribution in [2.24, 2.45) is 0 Å². The quantitative estimate of drug-likeness (QED) is 0.678. The zero-order valence-electron chi connectivity index (χ0n) is 15.6. The van der Waals surface area contributed by atoms with Gasteiger partial charge in [0.05, 0.1) is 26.8 Å². The molecule has 4 rings (SSSR count). The fourth-order valence-corrected chi connectivity index (χ4v) is 4.85. The van der Waals surface area contributed by atoms with Gasteiger partial charge in [0.15, 0.2) is 11.5 Å². The van der Waals surface area contributed by atoms with Crippen LogP contribution in [0.2, 0.25) is 0 Å². The maximum Gasteiger partial charge on any atom is 0.322 e. The highest BCUT2D eigenvalue weighted by Crippen LogP contribution is 2.52. The Labute approximate surface area is 166 Å². The Hall–Kier alpha value is -2.77. The lowest BCUT2D eigenvalue weighted by Gasteiger charge is -2.29. The number of thioether (sulfide) groups is 1. The summed E-state index contributed by atoms with van der Waals surface area (Å²) in [6, 6.07) is 14.5. The molecule has 2 heterocycles. The van der Waals surface area contributed by atoms with E-state index in [1.54, 1.807) is 32.4 Å². The summed E-state index contributed by atoms with van der Waals surface area (Å²) in [5, 5.41) is 12.2. The number of nitrogens with zero attached hydrogens (tertiary/aromatic N) is 1. The van der Waals surface area contributed by atoms with Crippen LogP contribution >= 0.6 is 11.8 Å². The molecule has 1 aliphatic heterocycles. The van der Waals surface area contributed by atoms with Crippen molar-refractivity contribution >= 4 is 28.6 Å². The largest absolute Gasteiger partial charge is 0.493 e. The third kappa shape index (κ3) is 2.70. The summed E-state index contributed by atoms with van der Waals surface area (Å²) in [6.07, 6.45) is 0. The number of hydrogen-bond acceptors (Lipinski definition) is 7. The van der Waals surface area contributed by atoms with Gasteiger partial charge in [-0.1, -0.05) is 42.1 Å². The van der Waals surface area contributed by atoms with Crippen LogP contribution in [0.4, 0.5) is 0 Å². The van der Waals surface area contributed by atoms with Gasteiger partial charge in [0.2, 0.25) is 0 Å². The lowest BCUT2D eigenvalue weighted by atomic mass is 9.84. The third-order valence-corrected chi connectivity index (χ3v) is 6.24. The number of aromatic nitrogens is 1. The Balaban J connectivity index is 1.97. The highest BCUT2D eigenvalue weighted by molar-refractivity contribution is 8.01. The molecule has 0 aliphatic carbocycles. The predicted octanol–water partition coefficient (Wildman–Crippen LogP) is 3.14. The molecular weight excluding hydrogens is 378 g/mol. The number of fused-ring (bicyclic) bond motifs is 2. The SMILES string of the molecule is COC(=O)[C@H]1Sc2nc3cc(OC)c(OC)cc3cc2[C@@]1(O)c1ccccc1. The number of ether oxygens (including phenoxy) is 3. The van der Waals surface area contributed by atoms with Gasteiger partial charge in [0, 0.05) is 17.0 Å². The van der Waals surface area contributed by atoms with Crippen molar-refractivity contribution in [1.82, 2.24) is 4.98 Å². The van der Waals surface area contributed by atoms with Crippen LogP contribution in [0.25, 0.3) is 10.9 Å². The molecule has 1 aliphatic rings. The van der Waals surface area contributed by atoms with E-state index in [1.807, 2.05) is 30.3 Å². The summed E-state index contributed by atoms with van der Waals surface area (Å²) in [5.74, 6) is 0.622. The minimum atomic E-state index is -1.55. The van der Waals surface area contributed by atoms with Gasteiger partial charge in [-0.3, -0.25) is 4.79 Å². The third-order valence-electron chi connectivity index (χ3n) is 4.93. The van der Waals surface area contributed by atoms with E-state index in [1.165, 1.54) is 18.9 Å². The lowest BCUT2D eigenvalue weighted by molar-refractivity contribution is -0.143. The molecule has 0 radical (unpaired) electrons. The zero-order valence-corrected chi connectivity index (χ0v) is 16.4. The summed E-state index contributed by atoms with van der Waals surface area (Å²) in [5.41, 5.74) is 0.310. The minimum Gasteiger partial charge on any atom is -0.493 e. The van der Waals surface area contributed by atoms with E-state index in [0.717, 1.165) is 5.39 Å². The highest BCUT2D eigenvalue weighted by Gasteiger charge is 2.53. The molecule has 1 aromatic heterocycles. The number of benzene rings is 2. The van der Waals surface area contributed by atoms with Gasteiger partial charge >= 0.3 is 5.97 Å². The van der Waals surface area contributed by atoms with Crippen LogP contribution in [0.1, 0.15) is 11.1 Å². The second-order valence-corrected chi connectivity index (χ2v) is 7.49. The smallest absolute Gasteiger partial charge is 0.322 e. The number of aliphatic hydroxyl groups is 1. The van der Waals surface area contributed by atoms with Crippen LogP contribution in [-0.2, 0) is 15.1 Å². The van der Waals surface area contributed by atoms with E-state index in [9.17, 15) is 9.90 Å². The summed E-state index contributed by atoms with van der Waals surface area (Å²) in [7, 11) is 4.44. The lowest BCUT2D eigenvalue weighted by Crippen LogP contribution is -2.40. The number of hydrogen-bond donors (Lipinski definition) is 1. The zero-order chi connectivity index (χ0) is 19.9. The molecule has 2 aromatic carbocycles. The molecule has 0 spiro atoms. The van der Waals surface area contributed by atoms with Crippen LogP contribution in [0.15, 0.2) is 53.6 Å². The van der Waals surface area contributed by atoms with Crippen molar-refractivity contribution < 1.29 is 24.1 Å². The number of carbonyl (C=O) groups excluding carboxylic acids is 1. The van der Waals surface area contributed by atoms with Crippen LogP contribution in [0.5, 0.6) is 11.5 Å². The molecule has 0 bridgehead atoms. The molecule has 3 aromatic rings. The van der Waals surface area contributed by atoms with Crippen LogP contribution in [0, 0.1) is 0 Å². The normalized spacial score (nSPS) is 20.6. The Morgan fingerprint density at radius 3 is 2.39 bits per heavy atom. The number of pyridine rings is 1. The molecule has 7 heteroatoms. The topological polar surface area (TPSA) is 77.9 Å². The van der Waals surface area contributed by atoms with Gasteiger partial charge < -0.3 is 19.3 Å². The maximum atomic E-state index is 12.5. The molecular formula is C21H19NO5S. The molecule has 2 atom stereocenters. The first-order valence-electron chi connectivity index (χ1n) is 8.62. The fraction of sp³-hybridized carbons (Fsp3) is 0.238. The van der Waals surface area contributed by atoms with E-state index in [-0.39, 0.29) is 0 Å². The Kier molecular flexibility index (Phi) is 4.64. The first kappa shape index (κ1) is 18.6. The van der Waals surface area contributed by atoms with Gasteiger partial charge in [-0.25, -0.2) is 4.98 Å². The second kappa shape index (κ2) is 7.00. The van der Waals surface area contributed by atoms with Crippen LogP contribution < -0.4 is 9.47 Å². The maximum absolute atomic E-state index is 12.5. The average Bonchev–Trinajstić information content (AvgIpc) is 3.04. The van der Waals surface area contributed by atoms with Crippen LogP contribution in [0.3, 0.4) is 0 Å². The van der Waals surface area contributed by atoms with Crippen LogP contribution in [-0.4, -0.2) is 42.6 Å². The highest BCUT2D eigenvalue weighted by atomic mass is 32.2. The van der Waals surface area contributed by atoms with Gasteiger partial charge in [-0.15, -0.1) is 0 Å². The molecule has 6 nitrogen and oxygen atoms in total. The molecule has 28 heavy (non-hydrogen) atoms. The number of rotatable bonds is 4. The Morgan fingerprint density at radius 2 is 1.75 bits per heavy atom. The van der Waals surface area contributed by atoms with Crippen molar-refractivity contribution in [3.05, 3.63) is 59.7 Å². The fourth-order valence-electron chi connectivity index (χ4n) is 3.51. The van der Waals surface area contributed by atoms with E-state index in [0.29, 0.717) is 33.2 Å². The molecule has 0 amide bonds. The summed E-state index contributed by atoms with van der Waals surface area (Å²) in [6.45, 7) is 0. The first-order valence-corrected chi connectivity index (χ1v) is 9.50. The summed E-state index contributed by atoms with van der Waals surface area (Å²) < 4.78 is 15.7. The van der Waals surface area contributed by atoms with Crippen molar-refractivity contribution in [3.63, 3.8) is 0 Å². The van der Waals surface area contributed by atoms with E-state index in [2.05, 4.69) is 4.98 Å². The summed E-state index contributed by atoms with van der Waals surface area (Å²) >= 11 is 1.20. The van der Waals surface area contributed by atoms with Crippen molar-refractivity contribution in [2.45, 2.75) is 15.9 Å². The van der Waals surface area contributed by atoms with Gasteiger partial charge in [0.25, 0.3) is 0 Å². The van der Waals surface area contributed by atoms with E-state index < -0.39 is 16.8 Å². The monoisotopic (exact) mass is 397 g/mol. The average molecular weight is 397 g/mol. The first-order chi connectivity index (χ1) is 13.5. The molecule has 0 saturated carbocycles. The van der Waals surface area contributed by atoms with Crippen molar-refractivity contribution in [3.8, 4) is 11.5 Å². The summed E-state index contributed by atoms with van der Waals surface area (Å²) in [4.78, 5) is 17.2. The molecule has 0 saturated heterocycles. The Bertz CT molecular complexity index is 1060.